The maximum Gasteiger partial charge on any atom is 0.347 e. The number of pyridine rings is 1. The van der Waals surface area contributed by atoms with Crippen LogP contribution in [-0.2, 0) is 33.0 Å². The molecule has 0 unspecified atom stereocenters. The standard InChI is InChI=1S/C53H57N5O9/c59-46-22-20-44(45-21-23-48(61)56-50(45)46)47(60)31-54-30-36-16-18-39(19-17-36)51(63)55-42-14-8-26-58(33-42)49(62)35-66-43-15-7-13-41(29-43)53(65,40-11-5-2-6-12-40)52(64)67-34-38-24-27-57(28-25-38)32-37-9-3-1-4-10-37/h1-7,9-13,15-23,29,38,42,47,54,59-60,65H,8,14,24-28,30-35H2,(H,55,63)(H,56,61)/t42-,47-,53-/m0/s1. The monoisotopic (exact) mass is 907 g/mol. The number of likely N-dealkylation sites (tertiary alicyclic amines) is 2. The minimum atomic E-state index is -2.12. The van der Waals surface area contributed by atoms with Crippen LogP contribution in [-0.4, -0.2) is 99.9 Å². The zero-order valence-electron chi connectivity index (χ0n) is 37.3. The van der Waals surface area contributed by atoms with E-state index >= 15 is 0 Å². The molecule has 2 aliphatic heterocycles. The smallest absolute Gasteiger partial charge is 0.347 e. The topological polar surface area (TPSA) is 194 Å². The average Bonchev–Trinajstić information content (AvgIpc) is 3.36. The molecule has 2 aliphatic rings. The highest BCUT2D eigenvalue weighted by atomic mass is 16.5. The second-order valence-electron chi connectivity index (χ2n) is 17.5. The second-order valence-corrected chi connectivity index (χ2v) is 17.5. The van der Waals surface area contributed by atoms with Gasteiger partial charge < -0.3 is 45.3 Å². The molecule has 14 nitrogen and oxygen atoms in total. The van der Waals surface area contributed by atoms with Gasteiger partial charge in [-0.1, -0.05) is 91.0 Å². The van der Waals surface area contributed by atoms with Gasteiger partial charge in [-0.3, -0.25) is 19.3 Å². The molecular weight excluding hydrogens is 851 g/mol. The van der Waals surface area contributed by atoms with Crippen molar-refractivity contribution in [2.75, 3.05) is 45.9 Å². The molecule has 0 saturated carbocycles. The van der Waals surface area contributed by atoms with E-state index in [-0.39, 0.29) is 65.9 Å². The number of aromatic amines is 1. The number of aromatic nitrogens is 1. The number of carbonyl (C=O) groups is 3. The lowest BCUT2D eigenvalue weighted by Crippen LogP contribution is -2.50. The van der Waals surface area contributed by atoms with E-state index in [1.54, 1.807) is 77.7 Å². The first kappa shape index (κ1) is 46.7. The third-order valence-corrected chi connectivity index (χ3v) is 12.8. The van der Waals surface area contributed by atoms with E-state index < -0.39 is 17.7 Å². The highest BCUT2D eigenvalue weighted by Gasteiger charge is 2.42. The summed E-state index contributed by atoms with van der Waals surface area (Å²) in [5.74, 6) is -0.886. The summed E-state index contributed by atoms with van der Waals surface area (Å²) in [6.07, 6.45) is 2.25. The van der Waals surface area contributed by atoms with Crippen LogP contribution < -0.4 is 20.9 Å². The van der Waals surface area contributed by atoms with Crippen LogP contribution in [0.5, 0.6) is 11.5 Å². The van der Waals surface area contributed by atoms with Gasteiger partial charge >= 0.3 is 5.97 Å². The molecule has 2 saturated heterocycles. The van der Waals surface area contributed by atoms with Crippen molar-refractivity contribution < 1.29 is 39.2 Å². The number of amides is 2. The van der Waals surface area contributed by atoms with Gasteiger partial charge in [0.15, 0.2) is 6.61 Å². The van der Waals surface area contributed by atoms with E-state index in [4.69, 9.17) is 9.47 Å². The number of ether oxygens (including phenoxy) is 2. The maximum atomic E-state index is 13.9. The van der Waals surface area contributed by atoms with Gasteiger partial charge in [0.05, 0.1) is 18.2 Å². The number of nitrogens with one attached hydrogen (secondary N) is 3. The van der Waals surface area contributed by atoms with E-state index in [1.165, 1.54) is 17.7 Å². The number of aliphatic hydroxyl groups excluding tert-OH is 1. The van der Waals surface area contributed by atoms with Crippen LogP contribution >= 0.6 is 0 Å². The van der Waals surface area contributed by atoms with Gasteiger partial charge in [0.25, 0.3) is 11.8 Å². The molecule has 0 aliphatic carbocycles. The molecule has 3 heterocycles. The number of carbonyl (C=O) groups excluding carboxylic acids is 3. The predicted octanol–water partition coefficient (Wildman–Crippen LogP) is 5.55. The Morgan fingerprint density at radius 2 is 1.54 bits per heavy atom. The van der Waals surface area contributed by atoms with Gasteiger partial charge in [0, 0.05) is 61.3 Å². The molecule has 67 heavy (non-hydrogen) atoms. The van der Waals surface area contributed by atoms with E-state index in [2.05, 4.69) is 32.7 Å². The summed E-state index contributed by atoms with van der Waals surface area (Å²) in [5.41, 5.74) is 1.62. The number of piperidine rings is 2. The molecule has 2 fully saturated rings. The Bertz CT molecular complexity index is 2690. The third kappa shape index (κ3) is 11.6. The van der Waals surface area contributed by atoms with E-state index in [0.29, 0.717) is 60.3 Å². The number of nitrogens with zero attached hydrogens (tertiary/aromatic N) is 2. The fraction of sp³-hybridized carbons (Fsp3) is 0.321. The molecule has 8 rings (SSSR count). The molecule has 0 bridgehead atoms. The highest BCUT2D eigenvalue weighted by molar-refractivity contribution is 5.94. The summed E-state index contributed by atoms with van der Waals surface area (Å²) in [7, 11) is 0. The molecule has 1 aromatic heterocycles. The number of phenolic OH excluding ortho intramolecular Hbond substituents is 1. The number of esters is 1. The van der Waals surface area contributed by atoms with Crippen molar-refractivity contribution in [3.8, 4) is 11.5 Å². The number of phenols is 1. The van der Waals surface area contributed by atoms with Crippen LogP contribution in [0.4, 0.5) is 0 Å². The number of H-pyrrole nitrogens is 1. The summed E-state index contributed by atoms with van der Waals surface area (Å²) >= 11 is 0. The van der Waals surface area contributed by atoms with Gasteiger partial charge in [-0.15, -0.1) is 0 Å². The molecule has 5 aromatic carbocycles. The Morgan fingerprint density at radius 1 is 0.806 bits per heavy atom. The molecular formula is C53H57N5O9. The summed E-state index contributed by atoms with van der Waals surface area (Å²) in [4.78, 5) is 59.1. The Labute approximate surface area is 389 Å². The van der Waals surface area contributed by atoms with Crippen molar-refractivity contribution in [3.63, 3.8) is 0 Å². The Kier molecular flexibility index (Phi) is 15.1. The number of aromatic hydroxyl groups is 1. The SMILES string of the molecule is O=C(N[C@H]1CCCN(C(=O)COc2cccc([C@](O)(C(=O)OCC3CCN(Cc4ccccc4)CC3)c3ccccc3)c2)C1)c1ccc(CNC[C@H](O)c2ccc(O)c3[nH]c(=O)ccc23)cc1. The maximum absolute atomic E-state index is 13.9. The normalized spacial score (nSPS) is 17.0. The summed E-state index contributed by atoms with van der Waals surface area (Å²) in [6, 6.07) is 38.5. The molecule has 2 amide bonds. The first-order valence-electron chi connectivity index (χ1n) is 22.9. The van der Waals surface area contributed by atoms with Crippen LogP contribution in [0.2, 0.25) is 0 Å². The number of rotatable bonds is 17. The first-order valence-corrected chi connectivity index (χ1v) is 22.9. The number of benzene rings is 5. The van der Waals surface area contributed by atoms with Gasteiger partial charge in [-0.2, -0.15) is 0 Å². The van der Waals surface area contributed by atoms with Crippen molar-refractivity contribution in [2.24, 2.45) is 5.92 Å². The number of hydrogen-bond acceptors (Lipinski definition) is 11. The Balaban J connectivity index is 0.807. The van der Waals surface area contributed by atoms with Crippen molar-refractivity contribution >= 4 is 28.7 Å². The largest absolute Gasteiger partial charge is 0.506 e. The van der Waals surface area contributed by atoms with Crippen molar-refractivity contribution in [1.82, 2.24) is 25.4 Å². The fourth-order valence-corrected chi connectivity index (χ4v) is 8.96. The van der Waals surface area contributed by atoms with E-state index in [9.17, 15) is 34.5 Å². The van der Waals surface area contributed by atoms with Crippen LogP contribution in [0, 0.1) is 5.92 Å². The number of fused-ring (bicyclic) bond motifs is 1. The molecule has 0 spiro atoms. The predicted molar refractivity (Wildman–Crippen MR) is 253 cm³/mol. The Morgan fingerprint density at radius 3 is 2.30 bits per heavy atom. The number of hydrogen-bond donors (Lipinski definition) is 6. The van der Waals surface area contributed by atoms with Crippen LogP contribution in [0.1, 0.15) is 70.0 Å². The van der Waals surface area contributed by atoms with Crippen LogP contribution in [0.3, 0.4) is 0 Å². The molecule has 0 radical (unpaired) electrons. The van der Waals surface area contributed by atoms with Crippen LogP contribution in [0.15, 0.2) is 138 Å². The minimum absolute atomic E-state index is 0.0756. The zero-order chi connectivity index (χ0) is 46.8. The van der Waals surface area contributed by atoms with Crippen molar-refractivity contribution in [3.05, 3.63) is 177 Å². The average molecular weight is 908 g/mol. The second kappa shape index (κ2) is 21.6. The van der Waals surface area contributed by atoms with Gasteiger partial charge in [-0.05, 0) is 103 Å². The first-order chi connectivity index (χ1) is 32.5. The quantitative estimate of drug-likeness (QED) is 0.0629. The van der Waals surface area contributed by atoms with Gasteiger partial charge in [-0.25, -0.2) is 4.79 Å². The van der Waals surface area contributed by atoms with E-state index in [1.807, 2.05) is 36.4 Å². The lowest BCUT2D eigenvalue weighted by molar-refractivity contribution is -0.164. The van der Waals surface area contributed by atoms with Crippen molar-refractivity contribution in [2.45, 2.75) is 56.5 Å². The summed E-state index contributed by atoms with van der Waals surface area (Å²) in [5, 5.41) is 40.1. The van der Waals surface area contributed by atoms with Gasteiger partial charge in [0.1, 0.15) is 11.5 Å². The van der Waals surface area contributed by atoms with Crippen LogP contribution in [0.25, 0.3) is 10.9 Å². The summed E-state index contributed by atoms with van der Waals surface area (Å²) < 4.78 is 11.9. The third-order valence-electron chi connectivity index (χ3n) is 12.8. The Hall–Kier alpha value is -6.84. The lowest BCUT2D eigenvalue weighted by atomic mass is 9.86. The van der Waals surface area contributed by atoms with Crippen molar-refractivity contribution in [1.29, 1.82) is 0 Å². The summed E-state index contributed by atoms with van der Waals surface area (Å²) in [6.45, 7) is 4.05. The number of aliphatic hydroxyl groups is 2. The van der Waals surface area contributed by atoms with E-state index in [0.717, 1.165) is 38.0 Å². The molecule has 14 heteroatoms. The fourth-order valence-electron chi connectivity index (χ4n) is 8.96. The minimum Gasteiger partial charge on any atom is -0.506 e. The molecule has 3 atom stereocenters. The van der Waals surface area contributed by atoms with Gasteiger partial charge in [0.2, 0.25) is 11.2 Å². The molecule has 6 N–H and O–H groups in total. The lowest BCUT2D eigenvalue weighted by Gasteiger charge is -2.33. The zero-order valence-corrected chi connectivity index (χ0v) is 37.3. The highest BCUT2D eigenvalue weighted by Crippen LogP contribution is 2.34. The molecule has 348 valence electrons. The molecule has 6 aromatic rings.